The van der Waals surface area contributed by atoms with Gasteiger partial charge in [-0.05, 0) is 44.2 Å². The van der Waals surface area contributed by atoms with Gasteiger partial charge in [-0.15, -0.1) is 11.8 Å². The maximum absolute atomic E-state index is 12.0. The zero-order chi connectivity index (χ0) is 17.9. The van der Waals surface area contributed by atoms with Crippen LogP contribution in [0.5, 0.6) is 11.5 Å². The summed E-state index contributed by atoms with van der Waals surface area (Å²) in [6.45, 7) is 4.01. The number of para-hydroxylation sites is 1. The molecular formula is C19H18N2O3S. The van der Waals surface area contributed by atoms with Crippen LogP contribution in [0.1, 0.15) is 25.0 Å². The van der Waals surface area contributed by atoms with E-state index in [1.165, 1.54) is 11.8 Å². The molecule has 1 heterocycles. The van der Waals surface area contributed by atoms with E-state index in [0.717, 1.165) is 16.9 Å². The Morgan fingerprint density at radius 3 is 2.80 bits per heavy atom. The van der Waals surface area contributed by atoms with E-state index in [2.05, 4.69) is 11.4 Å². The topological polar surface area (TPSA) is 71.3 Å². The minimum atomic E-state index is -0.525. The number of rotatable bonds is 4. The van der Waals surface area contributed by atoms with Gasteiger partial charge in [0.2, 0.25) is 0 Å². The molecule has 0 saturated heterocycles. The maximum Gasteiger partial charge on any atom is 0.413 e. The second-order valence-electron chi connectivity index (χ2n) is 6.27. The smallest absolute Gasteiger partial charge is 0.413 e. The van der Waals surface area contributed by atoms with Gasteiger partial charge in [0, 0.05) is 16.9 Å². The number of hydrogen-bond acceptors (Lipinski definition) is 5. The summed E-state index contributed by atoms with van der Waals surface area (Å²) >= 11 is 1.45. The molecule has 1 N–H and O–H groups in total. The normalized spacial score (nSPS) is 14.1. The lowest BCUT2D eigenvalue weighted by Crippen LogP contribution is -2.27. The summed E-state index contributed by atoms with van der Waals surface area (Å²) in [6.07, 6.45) is 0.262. The molecule has 0 unspecified atom stereocenters. The van der Waals surface area contributed by atoms with Crippen LogP contribution in [0.3, 0.4) is 0 Å². The van der Waals surface area contributed by atoms with Crippen LogP contribution in [0.2, 0.25) is 0 Å². The Labute approximate surface area is 150 Å². The van der Waals surface area contributed by atoms with Crippen LogP contribution in [0.25, 0.3) is 0 Å². The van der Waals surface area contributed by atoms with E-state index in [1.54, 1.807) is 18.2 Å². The number of nitriles is 1. The second kappa shape index (κ2) is 7.08. The van der Waals surface area contributed by atoms with Crippen molar-refractivity contribution in [2.24, 2.45) is 0 Å². The van der Waals surface area contributed by atoms with E-state index in [4.69, 9.17) is 14.7 Å². The Bertz CT molecular complexity index is 826. The molecule has 0 saturated carbocycles. The van der Waals surface area contributed by atoms with Gasteiger partial charge in [0.1, 0.15) is 5.60 Å². The van der Waals surface area contributed by atoms with Gasteiger partial charge >= 0.3 is 6.09 Å². The molecule has 0 spiro atoms. The third kappa shape index (κ3) is 4.25. The molecule has 2 aromatic rings. The average Bonchev–Trinajstić information content (AvgIpc) is 2.90. The third-order valence-corrected chi connectivity index (χ3v) is 4.59. The lowest BCUT2D eigenvalue weighted by Gasteiger charge is -2.18. The van der Waals surface area contributed by atoms with Crippen LogP contribution in [0.15, 0.2) is 47.4 Å². The molecule has 0 radical (unpaired) electrons. The van der Waals surface area contributed by atoms with E-state index >= 15 is 0 Å². The number of carbonyl (C=O) groups is 1. The van der Waals surface area contributed by atoms with Crippen LogP contribution < -0.4 is 14.8 Å². The molecule has 2 aromatic carbocycles. The number of nitrogens with zero attached hydrogens (tertiary/aromatic N) is 1. The largest absolute Gasteiger partial charge is 0.483 e. The van der Waals surface area contributed by atoms with Gasteiger partial charge in [-0.3, -0.25) is 0 Å². The molecule has 128 valence electrons. The van der Waals surface area contributed by atoms with Crippen LogP contribution >= 0.6 is 11.8 Å². The maximum atomic E-state index is 12.0. The van der Waals surface area contributed by atoms with E-state index in [-0.39, 0.29) is 5.60 Å². The first-order valence-corrected chi connectivity index (χ1v) is 8.85. The summed E-state index contributed by atoms with van der Waals surface area (Å²) in [4.78, 5) is 13.0. The first kappa shape index (κ1) is 17.2. The Morgan fingerprint density at radius 2 is 2.08 bits per heavy atom. The molecule has 25 heavy (non-hydrogen) atoms. The first-order chi connectivity index (χ1) is 12.0. The summed E-state index contributed by atoms with van der Waals surface area (Å²) in [5.41, 5.74) is 1.36. The van der Waals surface area contributed by atoms with Gasteiger partial charge < -0.3 is 14.8 Å². The van der Waals surface area contributed by atoms with Crippen LogP contribution in [0, 0.1) is 11.3 Å². The van der Waals surface area contributed by atoms with Crippen molar-refractivity contribution >= 4 is 17.9 Å². The van der Waals surface area contributed by atoms with Gasteiger partial charge in [0.05, 0.1) is 17.5 Å². The minimum Gasteiger partial charge on any atom is -0.483 e. The van der Waals surface area contributed by atoms with E-state index in [0.29, 0.717) is 22.9 Å². The predicted octanol–water partition coefficient (Wildman–Crippen LogP) is 4.11. The quantitative estimate of drug-likeness (QED) is 0.661. The standard InChI is InChI=1S/C19H18N2O3S/c1-19(2)10-14-4-3-5-16(17(14)24-19)23-18(22)21-12-25-15-8-6-13(11-20)7-9-15/h3-9H,10,12H2,1-2H3,(H,21,22). The monoisotopic (exact) mass is 354 g/mol. The van der Waals surface area contributed by atoms with E-state index in [1.807, 2.05) is 38.1 Å². The lowest BCUT2D eigenvalue weighted by atomic mass is 10.0. The van der Waals surface area contributed by atoms with Gasteiger partial charge in [-0.2, -0.15) is 5.26 Å². The number of carbonyl (C=O) groups excluding carboxylic acids is 1. The Balaban J connectivity index is 1.54. The Morgan fingerprint density at radius 1 is 1.32 bits per heavy atom. The highest BCUT2D eigenvalue weighted by Gasteiger charge is 2.32. The molecule has 0 aromatic heterocycles. The molecular weight excluding hydrogens is 336 g/mol. The summed E-state index contributed by atoms with van der Waals surface area (Å²) in [7, 11) is 0. The number of ether oxygens (including phenoxy) is 2. The second-order valence-corrected chi connectivity index (χ2v) is 7.32. The van der Waals surface area contributed by atoms with Crippen molar-refractivity contribution in [3.8, 4) is 17.6 Å². The van der Waals surface area contributed by atoms with Crippen molar-refractivity contribution < 1.29 is 14.3 Å². The van der Waals surface area contributed by atoms with E-state index in [9.17, 15) is 4.79 Å². The zero-order valence-electron chi connectivity index (χ0n) is 14.0. The molecule has 0 bridgehead atoms. The molecule has 0 aliphatic carbocycles. The minimum absolute atomic E-state index is 0.288. The van der Waals surface area contributed by atoms with Crippen LogP contribution in [-0.4, -0.2) is 17.6 Å². The fourth-order valence-corrected chi connectivity index (χ4v) is 3.29. The van der Waals surface area contributed by atoms with Gasteiger partial charge in [0.15, 0.2) is 11.5 Å². The summed E-state index contributed by atoms with van der Waals surface area (Å²) < 4.78 is 11.3. The SMILES string of the molecule is CC1(C)Cc2cccc(OC(=O)NCSc3ccc(C#N)cc3)c2O1. The highest BCUT2D eigenvalue weighted by Crippen LogP contribution is 2.41. The summed E-state index contributed by atoms with van der Waals surface area (Å²) in [5, 5.41) is 11.5. The Hall–Kier alpha value is -2.65. The zero-order valence-corrected chi connectivity index (χ0v) is 14.9. The molecule has 5 nitrogen and oxygen atoms in total. The predicted molar refractivity (Wildman–Crippen MR) is 95.9 cm³/mol. The highest BCUT2D eigenvalue weighted by molar-refractivity contribution is 7.99. The summed E-state index contributed by atoms with van der Waals surface area (Å²) in [5.74, 6) is 1.44. The fourth-order valence-electron chi connectivity index (χ4n) is 2.61. The lowest BCUT2D eigenvalue weighted by molar-refractivity contribution is 0.133. The van der Waals surface area contributed by atoms with Crippen LogP contribution in [-0.2, 0) is 6.42 Å². The number of thioether (sulfide) groups is 1. The van der Waals surface area contributed by atoms with E-state index < -0.39 is 6.09 Å². The third-order valence-electron chi connectivity index (χ3n) is 3.70. The number of fused-ring (bicyclic) bond motifs is 1. The van der Waals surface area contributed by atoms with Crippen molar-refractivity contribution in [3.63, 3.8) is 0 Å². The fraction of sp³-hybridized carbons (Fsp3) is 0.263. The molecule has 1 aliphatic heterocycles. The average molecular weight is 354 g/mol. The van der Waals surface area contributed by atoms with Crippen molar-refractivity contribution in [1.82, 2.24) is 5.32 Å². The molecule has 6 heteroatoms. The van der Waals surface area contributed by atoms with Crippen molar-refractivity contribution in [1.29, 1.82) is 5.26 Å². The highest BCUT2D eigenvalue weighted by atomic mass is 32.2. The molecule has 0 atom stereocenters. The number of hydrogen-bond donors (Lipinski definition) is 1. The molecule has 1 aliphatic rings. The first-order valence-electron chi connectivity index (χ1n) is 7.86. The van der Waals surface area contributed by atoms with Gasteiger partial charge in [-0.25, -0.2) is 4.79 Å². The van der Waals surface area contributed by atoms with Gasteiger partial charge in [0.25, 0.3) is 0 Å². The Kier molecular flexibility index (Phi) is 4.86. The number of benzene rings is 2. The number of nitrogens with one attached hydrogen (secondary N) is 1. The van der Waals surface area contributed by atoms with Crippen molar-refractivity contribution in [2.75, 3.05) is 5.88 Å². The summed E-state index contributed by atoms with van der Waals surface area (Å²) in [6, 6.07) is 14.8. The van der Waals surface area contributed by atoms with Gasteiger partial charge in [-0.1, -0.05) is 12.1 Å². The molecule has 1 amide bonds. The number of amides is 1. The molecule has 0 fully saturated rings. The van der Waals surface area contributed by atoms with Crippen molar-refractivity contribution in [3.05, 3.63) is 53.6 Å². The molecule has 3 rings (SSSR count). The van der Waals surface area contributed by atoms with Crippen LogP contribution in [0.4, 0.5) is 4.79 Å². The van der Waals surface area contributed by atoms with Crippen molar-refractivity contribution in [2.45, 2.75) is 30.8 Å².